The SMILES string of the molecule is CCC(C)C(c1ccccc1)C(N)c1ccc(Cl)c(Cl)c1. The molecule has 0 aromatic heterocycles. The van der Waals surface area contributed by atoms with Gasteiger partial charge in [-0.3, -0.25) is 0 Å². The van der Waals surface area contributed by atoms with Crippen LogP contribution in [0, 0.1) is 5.92 Å². The lowest BCUT2D eigenvalue weighted by atomic mass is 9.78. The van der Waals surface area contributed by atoms with Crippen molar-refractivity contribution < 1.29 is 0 Å². The van der Waals surface area contributed by atoms with Gasteiger partial charge in [0.15, 0.2) is 0 Å². The summed E-state index contributed by atoms with van der Waals surface area (Å²) in [4.78, 5) is 0. The summed E-state index contributed by atoms with van der Waals surface area (Å²) < 4.78 is 0. The number of hydrogen-bond donors (Lipinski definition) is 1. The van der Waals surface area contributed by atoms with Crippen LogP contribution in [0.3, 0.4) is 0 Å². The van der Waals surface area contributed by atoms with Gasteiger partial charge in [0, 0.05) is 12.0 Å². The van der Waals surface area contributed by atoms with Crippen LogP contribution in [0.25, 0.3) is 0 Å². The minimum Gasteiger partial charge on any atom is -0.323 e. The number of halogens is 2. The minimum absolute atomic E-state index is 0.0999. The fourth-order valence-corrected chi connectivity index (χ4v) is 3.05. The predicted molar refractivity (Wildman–Crippen MR) is 92.0 cm³/mol. The van der Waals surface area contributed by atoms with Crippen LogP contribution in [0.15, 0.2) is 48.5 Å². The van der Waals surface area contributed by atoms with Crippen molar-refractivity contribution >= 4 is 23.2 Å². The molecule has 0 aliphatic heterocycles. The van der Waals surface area contributed by atoms with Crippen molar-refractivity contribution in [3.05, 3.63) is 69.7 Å². The van der Waals surface area contributed by atoms with E-state index in [9.17, 15) is 0 Å². The second-order valence-electron chi connectivity index (χ2n) is 5.52. The van der Waals surface area contributed by atoms with E-state index in [2.05, 4.69) is 38.1 Å². The van der Waals surface area contributed by atoms with Gasteiger partial charge in [0.1, 0.15) is 0 Å². The van der Waals surface area contributed by atoms with Crippen LogP contribution in [-0.2, 0) is 0 Å². The first-order valence-corrected chi connectivity index (χ1v) is 8.05. The van der Waals surface area contributed by atoms with Crippen LogP contribution in [0.1, 0.15) is 43.4 Å². The molecule has 2 rings (SSSR count). The Morgan fingerprint density at radius 1 is 0.952 bits per heavy atom. The Kier molecular flexibility index (Phi) is 5.69. The molecular weight excluding hydrogens is 301 g/mol. The largest absolute Gasteiger partial charge is 0.323 e. The summed E-state index contributed by atoms with van der Waals surface area (Å²) in [5, 5.41) is 1.12. The van der Waals surface area contributed by atoms with E-state index >= 15 is 0 Å². The molecule has 0 saturated heterocycles. The number of hydrogen-bond acceptors (Lipinski definition) is 1. The number of benzene rings is 2. The molecule has 1 nitrogen and oxygen atoms in total. The number of rotatable bonds is 5. The first kappa shape index (κ1) is 16.4. The summed E-state index contributed by atoms with van der Waals surface area (Å²) in [5.41, 5.74) is 8.86. The van der Waals surface area contributed by atoms with Crippen molar-refractivity contribution in [2.75, 3.05) is 0 Å². The highest BCUT2D eigenvalue weighted by molar-refractivity contribution is 6.42. The molecule has 21 heavy (non-hydrogen) atoms. The van der Waals surface area contributed by atoms with E-state index < -0.39 is 0 Å². The lowest BCUT2D eigenvalue weighted by molar-refractivity contribution is 0.388. The van der Waals surface area contributed by atoms with Crippen LogP contribution in [0.4, 0.5) is 0 Å². The average molecular weight is 322 g/mol. The van der Waals surface area contributed by atoms with Crippen LogP contribution in [0.2, 0.25) is 10.0 Å². The molecule has 0 saturated carbocycles. The summed E-state index contributed by atoms with van der Waals surface area (Å²) in [6.45, 7) is 4.44. The lowest BCUT2D eigenvalue weighted by Gasteiger charge is -2.30. The summed E-state index contributed by atoms with van der Waals surface area (Å²) >= 11 is 12.1. The maximum Gasteiger partial charge on any atom is 0.0595 e. The molecule has 0 spiro atoms. The van der Waals surface area contributed by atoms with E-state index in [0.29, 0.717) is 16.0 Å². The van der Waals surface area contributed by atoms with Gasteiger partial charge >= 0.3 is 0 Å². The molecule has 0 aliphatic rings. The molecule has 2 aromatic carbocycles. The van der Waals surface area contributed by atoms with Gasteiger partial charge < -0.3 is 5.73 Å². The first-order chi connectivity index (χ1) is 10.0. The third kappa shape index (κ3) is 3.79. The Hall–Kier alpha value is -1.02. The van der Waals surface area contributed by atoms with Crippen LogP contribution in [0.5, 0.6) is 0 Å². The molecule has 3 unspecified atom stereocenters. The van der Waals surface area contributed by atoms with Gasteiger partial charge in [0.05, 0.1) is 10.0 Å². The Balaban J connectivity index is 2.38. The van der Waals surface area contributed by atoms with Crippen molar-refractivity contribution in [2.45, 2.75) is 32.2 Å². The zero-order valence-corrected chi connectivity index (χ0v) is 13.9. The lowest BCUT2D eigenvalue weighted by Crippen LogP contribution is -2.25. The summed E-state index contributed by atoms with van der Waals surface area (Å²) in [6.07, 6.45) is 1.08. The van der Waals surface area contributed by atoms with Crippen molar-refractivity contribution in [3.63, 3.8) is 0 Å². The monoisotopic (exact) mass is 321 g/mol. The highest BCUT2D eigenvalue weighted by atomic mass is 35.5. The third-order valence-electron chi connectivity index (χ3n) is 4.16. The maximum atomic E-state index is 6.56. The zero-order chi connectivity index (χ0) is 15.4. The van der Waals surface area contributed by atoms with Crippen LogP contribution >= 0.6 is 23.2 Å². The number of nitrogens with two attached hydrogens (primary N) is 1. The van der Waals surface area contributed by atoms with Crippen molar-refractivity contribution in [3.8, 4) is 0 Å². The molecule has 3 heteroatoms. The molecule has 0 heterocycles. The van der Waals surface area contributed by atoms with Gasteiger partial charge in [-0.2, -0.15) is 0 Å². The Morgan fingerprint density at radius 2 is 1.62 bits per heavy atom. The molecule has 3 atom stereocenters. The van der Waals surface area contributed by atoms with Gasteiger partial charge in [-0.1, -0.05) is 79.9 Å². The molecule has 2 N–H and O–H groups in total. The van der Waals surface area contributed by atoms with E-state index in [1.807, 2.05) is 24.3 Å². The molecule has 112 valence electrons. The molecule has 2 aromatic rings. The van der Waals surface area contributed by atoms with Gasteiger partial charge in [0.2, 0.25) is 0 Å². The average Bonchev–Trinajstić information content (AvgIpc) is 2.51. The second kappa shape index (κ2) is 7.31. The summed E-state index contributed by atoms with van der Waals surface area (Å²) in [7, 11) is 0. The third-order valence-corrected chi connectivity index (χ3v) is 4.90. The summed E-state index contributed by atoms with van der Waals surface area (Å²) in [6, 6.07) is 16.0. The standard InChI is InChI=1S/C18H21Cl2N/c1-3-12(2)17(13-7-5-4-6-8-13)18(21)14-9-10-15(19)16(20)11-14/h4-12,17-18H,3,21H2,1-2H3. The van der Waals surface area contributed by atoms with Gasteiger partial charge in [-0.25, -0.2) is 0 Å². The Morgan fingerprint density at radius 3 is 2.19 bits per heavy atom. The topological polar surface area (TPSA) is 26.0 Å². The molecular formula is C18H21Cl2N. The highest BCUT2D eigenvalue weighted by Crippen LogP contribution is 2.38. The van der Waals surface area contributed by atoms with Gasteiger partial charge in [-0.05, 0) is 29.2 Å². The van der Waals surface area contributed by atoms with E-state index in [1.165, 1.54) is 5.56 Å². The molecule has 0 bridgehead atoms. The van der Waals surface area contributed by atoms with E-state index in [4.69, 9.17) is 28.9 Å². The van der Waals surface area contributed by atoms with Crippen molar-refractivity contribution in [1.82, 2.24) is 0 Å². The van der Waals surface area contributed by atoms with Crippen LogP contribution in [-0.4, -0.2) is 0 Å². The van der Waals surface area contributed by atoms with Crippen molar-refractivity contribution in [1.29, 1.82) is 0 Å². The molecule has 0 amide bonds. The fraction of sp³-hybridized carbons (Fsp3) is 0.333. The van der Waals surface area contributed by atoms with Gasteiger partial charge in [-0.15, -0.1) is 0 Å². The van der Waals surface area contributed by atoms with E-state index in [-0.39, 0.29) is 12.0 Å². The van der Waals surface area contributed by atoms with Crippen molar-refractivity contribution in [2.24, 2.45) is 11.7 Å². The normalized spacial score (nSPS) is 15.5. The smallest absolute Gasteiger partial charge is 0.0595 e. The summed E-state index contributed by atoms with van der Waals surface area (Å²) in [5.74, 6) is 0.741. The maximum absolute atomic E-state index is 6.56. The highest BCUT2D eigenvalue weighted by Gasteiger charge is 2.26. The minimum atomic E-state index is -0.0999. The first-order valence-electron chi connectivity index (χ1n) is 7.30. The molecule has 0 aliphatic carbocycles. The molecule has 0 radical (unpaired) electrons. The fourth-order valence-electron chi connectivity index (χ4n) is 2.75. The quantitative estimate of drug-likeness (QED) is 0.737. The molecule has 0 fully saturated rings. The second-order valence-corrected chi connectivity index (χ2v) is 6.34. The van der Waals surface area contributed by atoms with Gasteiger partial charge in [0.25, 0.3) is 0 Å². The van der Waals surface area contributed by atoms with Crippen LogP contribution < -0.4 is 5.73 Å². The predicted octanol–water partition coefficient (Wildman–Crippen LogP) is 5.82. The zero-order valence-electron chi connectivity index (χ0n) is 12.4. The Labute approximate surface area is 137 Å². The Bertz CT molecular complexity index is 583. The van der Waals surface area contributed by atoms with E-state index in [1.54, 1.807) is 0 Å². The van der Waals surface area contributed by atoms with E-state index in [0.717, 1.165) is 12.0 Å².